The largest absolute Gasteiger partial charge is 0.444 e. The summed E-state index contributed by atoms with van der Waals surface area (Å²) in [5.41, 5.74) is 0.580. The Balaban J connectivity index is 1.52. The van der Waals surface area contributed by atoms with E-state index in [9.17, 15) is 4.79 Å². The van der Waals surface area contributed by atoms with Crippen LogP contribution < -0.4 is 10.6 Å². The Bertz CT molecular complexity index is 674. The van der Waals surface area contributed by atoms with Crippen molar-refractivity contribution >= 4 is 27.6 Å². The zero-order valence-corrected chi connectivity index (χ0v) is 14.7. The third-order valence-electron chi connectivity index (χ3n) is 3.64. The molecule has 0 aliphatic heterocycles. The van der Waals surface area contributed by atoms with Gasteiger partial charge in [0.05, 0.1) is 16.3 Å². The maximum atomic E-state index is 11.8. The molecular formula is C17H23N3O2S. The SMILES string of the molecule is CC(NC1CC1NC(=O)OC(C)(C)C)c1nc2ccccc2s1. The third kappa shape index (κ3) is 4.20. The van der Waals surface area contributed by atoms with E-state index in [-0.39, 0.29) is 24.2 Å². The average Bonchev–Trinajstić information content (AvgIpc) is 3.00. The lowest BCUT2D eigenvalue weighted by molar-refractivity contribution is 0.0522. The van der Waals surface area contributed by atoms with Crippen LogP contribution in [0.3, 0.4) is 0 Å². The molecule has 1 aromatic carbocycles. The number of thiazole rings is 1. The number of hydrogen-bond donors (Lipinski definition) is 2. The number of carbonyl (C=O) groups excluding carboxylic acids is 1. The molecule has 1 aliphatic carbocycles. The zero-order chi connectivity index (χ0) is 16.6. The summed E-state index contributed by atoms with van der Waals surface area (Å²) >= 11 is 1.71. The maximum absolute atomic E-state index is 11.8. The van der Waals surface area contributed by atoms with Crippen molar-refractivity contribution in [2.45, 2.75) is 57.8 Å². The van der Waals surface area contributed by atoms with Crippen LogP contribution in [0.1, 0.15) is 45.2 Å². The quantitative estimate of drug-likeness (QED) is 0.897. The van der Waals surface area contributed by atoms with Crippen molar-refractivity contribution < 1.29 is 9.53 Å². The molecule has 5 nitrogen and oxygen atoms in total. The summed E-state index contributed by atoms with van der Waals surface area (Å²) in [7, 11) is 0. The number of amides is 1. The maximum Gasteiger partial charge on any atom is 0.407 e. The molecule has 1 amide bonds. The van der Waals surface area contributed by atoms with Crippen molar-refractivity contribution in [2.75, 3.05) is 0 Å². The summed E-state index contributed by atoms with van der Waals surface area (Å²) in [5, 5.41) is 7.51. The highest BCUT2D eigenvalue weighted by molar-refractivity contribution is 7.18. The number of fused-ring (bicyclic) bond motifs is 1. The smallest absolute Gasteiger partial charge is 0.407 e. The number of hydrogen-bond acceptors (Lipinski definition) is 5. The fourth-order valence-corrected chi connectivity index (χ4v) is 3.44. The van der Waals surface area contributed by atoms with Gasteiger partial charge in [-0.2, -0.15) is 0 Å². The van der Waals surface area contributed by atoms with Gasteiger partial charge in [-0.1, -0.05) is 12.1 Å². The summed E-state index contributed by atoms with van der Waals surface area (Å²) in [6, 6.07) is 8.75. The number of carbonyl (C=O) groups is 1. The van der Waals surface area contributed by atoms with Gasteiger partial charge < -0.3 is 15.4 Å². The van der Waals surface area contributed by atoms with Gasteiger partial charge >= 0.3 is 6.09 Å². The van der Waals surface area contributed by atoms with Crippen LogP contribution in [0.15, 0.2) is 24.3 Å². The van der Waals surface area contributed by atoms with Crippen LogP contribution >= 0.6 is 11.3 Å². The summed E-state index contributed by atoms with van der Waals surface area (Å²) in [6.45, 7) is 7.71. The van der Waals surface area contributed by atoms with E-state index >= 15 is 0 Å². The van der Waals surface area contributed by atoms with Gasteiger partial charge in [0.2, 0.25) is 0 Å². The number of para-hydroxylation sites is 1. The van der Waals surface area contributed by atoms with E-state index in [0.29, 0.717) is 0 Å². The molecule has 3 rings (SSSR count). The van der Waals surface area contributed by atoms with E-state index in [4.69, 9.17) is 4.74 Å². The molecule has 3 atom stereocenters. The molecule has 0 radical (unpaired) electrons. The summed E-state index contributed by atoms with van der Waals surface area (Å²) in [5.74, 6) is 0. The van der Waals surface area contributed by atoms with Crippen LogP contribution in [0.2, 0.25) is 0 Å². The van der Waals surface area contributed by atoms with Gasteiger partial charge in [-0.15, -0.1) is 11.3 Å². The van der Waals surface area contributed by atoms with Crippen molar-refractivity contribution in [3.63, 3.8) is 0 Å². The van der Waals surface area contributed by atoms with Gasteiger partial charge in [-0.25, -0.2) is 9.78 Å². The van der Waals surface area contributed by atoms with Gasteiger partial charge in [0.15, 0.2) is 0 Å². The second kappa shape index (κ2) is 6.09. The number of nitrogens with zero attached hydrogens (tertiary/aromatic N) is 1. The van der Waals surface area contributed by atoms with Crippen LogP contribution in [0.4, 0.5) is 4.79 Å². The van der Waals surface area contributed by atoms with Crippen molar-refractivity contribution in [2.24, 2.45) is 0 Å². The van der Waals surface area contributed by atoms with E-state index in [1.54, 1.807) is 11.3 Å². The van der Waals surface area contributed by atoms with Crippen molar-refractivity contribution in [3.8, 4) is 0 Å². The Kier molecular flexibility index (Phi) is 4.29. The molecule has 6 heteroatoms. The second-order valence-electron chi connectivity index (χ2n) is 7.00. The minimum absolute atomic E-state index is 0.140. The zero-order valence-electron chi connectivity index (χ0n) is 13.9. The number of alkyl carbamates (subject to hydrolysis) is 1. The Morgan fingerprint density at radius 3 is 2.78 bits per heavy atom. The topological polar surface area (TPSA) is 63.2 Å². The predicted molar refractivity (Wildman–Crippen MR) is 92.7 cm³/mol. The van der Waals surface area contributed by atoms with Gasteiger partial charge in [-0.3, -0.25) is 0 Å². The van der Waals surface area contributed by atoms with Gasteiger partial charge in [0.25, 0.3) is 0 Å². The van der Waals surface area contributed by atoms with E-state index in [1.807, 2.05) is 39.0 Å². The standard InChI is InChI=1S/C17H23N3O2S/c1-10(15-19-11-7-5-6-8-14(11)23-15)18-12-9-13(12)20-16(21)22-17(2,3)4/h5-8,10,12-13,18H,9H2,1-4H3,(H,20,21). The molecule has 23 heavy (non-hydrogen) atoms. The number of rotatable bonds is 4. The fraction of sp³-hybridized carbons (Fsp3) is 0.529. The highest BCUT2D eigenvalue weighted by Gasteiger charge is 2.40. The van der Waals surface area contributed by atoms with Crippen LogP contribution in [0, 0.1) is 0 Å². The molecule has 1 saturated carbocycles. The van der Waals surface area contributed by atoms with E-state index in [1.165, 1.54) is 4.70 Å². The van der Waals surface area contributed by atoms with Gasteiger partial charge in [-0.05, 0) is 46.2 Å². The summed E-state index contributed by atoms with van der Waals surface area (Å²) < 4.78 is 6.48. The van der Waals surface area contributed by atoms with Crippen LogP contribution in [-0.4, -0.2) is 28.8 Å². The molecule has 0 spiro atoms. The van der Waals surface area contributed by atoms with Crippen molar-refractivity contribution in [1.82, 2.24) is 15.6 Å². The second-order valence-corrected chi connectivity index (χ2v) is 8.07. The van der Waals surface area contributed by atoms with Crippen LogP contribution in [-0.2, 0) is 4.74 Å². The van der Waals surface area contributed by atoms with E-state index < -0.39 is 5.60 Å². The number of benzene rings is 1. The molecule has 0 bridgehead atoms. The lowest BCUT2D eigenvalue weighted by Gasteiger charge is -2.20. The minimum Gasteiger partial charge on any atom is -0.444 e. The summed E-state index contributed by atoms with van der Waals surface area (Å²) in [6.07, 6.45) is 0.577. The monoisotopic (exact) mass is 333 g/mol. The number of ether oxygens (including phenoxy) is 1. The predicted octanol–water partition coefficient (Wildman–Crippen LogP) is 3.61. The Labute approximate surface area is 140 Å². The Morgan fingerprint density at radius 1 is 1.35 bits per heavy atom. The third-order valence-corrected chi connectivity index (χ3v) is 4.86. The van der Waals surface area contributed by atoms with Crippen molar-refractivity contribution in [1.29, 1.82) is 0 Å². The highest BCUT2D eigenvalue weighted by atomic mass is 32.1. The minimum atomic E-state index is -0.462. The molecule has 3 unspecified atom stereocenters. The average molecular weight is 333 g/mol. The Morgan fingerprint density at radius 2 is 2.09 bits per heavy atom. The molecule has 1 fully saturated rings. The first-order chi connectivity index (χ1) is 10.8. The summed E-state index contributed by atoms with van der Waals surface area (Å²) in [4.78, 5) is 16.4. The Hall–Kier alpha value is -1.66. The first kappa shape index (κ1) is 16.2. The number of aromatic nitrogens is 1. The number of nitrogens with one attached hydrogen (secondary N) is 2. The molecule has 1 aliphatic rings. The van der Waals surface area contributed by atoms with E-state index in [0.717, 1.165) is 16.9 Å². The first-order valence-corrected chi connectivity index (χ1v) is 8.74. The van der Waals surface area contributed by atoms with E-state index in [2.05, 4.69) is 28.6 Å². The van der Waals surface area contributed by atoms with Crippen LogP contribution in [0.25, 0.3) is 10.2 Å². The van der Waals surface area contributed by atoms with Crippen LogP contribution in [0.5, 0.6) is 0 Å². The molecule has 2 N–H and O–H groups in total. The van der Waals surface area contributed by atoms with Gasteiger partial charge in [0.1, 0.15) is 10.6 Å². The lowest BCUT2D eigenvalue weighted by atomic mass is 10.2. The highest BCUT2D eigenvalue weighted by Crippen LogP contribution is 2.30. The fourth-order valence-electron chi connectivity index (χ4n) is 2.47. The lowest BCUT2D eigenvalue weighted by Crippen LogP contribution is -2.37. The van der Waals surface area contributed by atoms with Crippen molar-refractivity contribution in [3.05, 3.63) is 29.3 Å². The molecule has 1 heterocycles. The molecule has 124 valence electrons. The molecular weight excluding hydrogens is 310 g/mol. The first-order valence-electron chi connectivity index (χ1n) is 7.93. The van der Waals surface area contributed by atoms with Gasteiger partial charge in [0, 0.05) is 12.1 Å². The molecule has 1 aromatic heterocycles. The molecule has 0 saturated heterocycles. The normalized spacial score (nSPS) is 21.9. The molecule has 2 aromatic rings.